The molecule has 1 N–H and O–H groups in total. The fraction of sp³-hybridized carbons (Fsp3) is 0.500. The maximum Gasteiger partial charge on any atom is 0.244 e. The second-order valence-corrected chi connectivity index (χ2v) is 5.14. The molecule has 1 saturated heterocycles. The summed E-state index contributed by atoms with van der Waals surface area (Å²) >= 11 is 0. The molecular weight excluding hydrogens is 212 g/mol. The molecule has 2 aliphatic rings. The predicted octanol–water partition coefficient (Wildman–Crippen LogP) is 1.84. The first kappa shape index (κ1) is 10.8. The minimum atomic E-state index is -0.219. The first-order valence-electron chi connectivity index (χ1n) is 6.30. The normalized spacial score (nSPS) is 25.6. The van der Waals surface area contributed by atoms with E-state index in [4.69, 9.17) is 0 Å². The van der Waals surface area contributed by atoms with Gasteiger partial charge in [-0.1, -0.05) is 31.2 Å². The van der Waals surface area contributed by atoms with Crippen LogP contribution in [0.15, 0.2) is 24.3 Å². The number of amides is 1. The Morgan fingerprint density at radius 3 is 2.47 bits per heavy atom. The van der Waals surface area contributed by atoms with Gasteiger partial charge in [0.2, 0.25) is 5.91 Å². The molecule has 0 bridgehead atoms. The predicted molar refractivity (Wildman–Crippen MR) is 66.4 cm³/mol. The van der Waals surface area contributed by atoms with Gasteiger partial charge in [-0.05, 0) is 30.4 Å². The van der Waals surface area contributed by atoms with Gasteiger partial charge in [0.1, 0.15) is 11.7 Å². The summed E-state index contributed by atoms with van der Waals surface area (Å²) in [5.74, 6) is 0.252. The van der Waals surface area contributed by atoms with Crippen LogP contribution in [-0.2, 0) is 11.2 Å². The van der Waals surface area contributed by atoms with Crippen LogP contribution in [0.3, 0.4) is 0 Å². The summed E-state index contributed by atoms with van der Waals surface area (Å²) in [5.41, 5.74) is 2.30. The Hall–Kier alpha value is -1.35. The zero-order chi connectivity index (χ0) is 12.0. The highest BCUT2D eigenvalue weighted by molar-refractivity contribution is 5.91. The van der Waals surface area contributed by atoms with E-state index in [1.807, 2.05) is 11.9 Å². The van der Waals surface area contributed by atoms with Crippen LogP contribution in [0.2, 0.25) is 0 Å². The Morgan fingerprint density at radius 2 is 2.00 bits per heavy atom. The van der Waals surface area contributed by atoms with E-state index in [-0.39, 0.29) is 17.6 Å². The van der Waals surface area contributed by atoms with E-state index >= 15 is 0 Å². The minimum absolute atomic E-state index is 0.0518. The maximum atomic E-state index is 12.1. The summed E-state index contributed by atoms with van der Waals surface area (Å²) in [5, 5.41) is 3.47. The van der Waals surface area contributed by atoms with Gasteiger partial charge in [0.25, 0.3) is 0 Å². The highest BCUT2D eigenvalue weighted by Crippen LogP contribution is 2.45. The van der Waals surface area contributed by atoms with Crippen molar-refractivity contribution in [2.75, 3.05) is 7.05 Å². The second kappa shape index (κ2) is 3.57. The number of carbonyl (C=O) groups excluding carboxylic acids is 1. The molecule has 90 valence electrons. The lowest BCUT2D eigenvalue weighted by Crippen LogP contribution is -2.30. The Balaban J connectivity index is 1.86. The van der Waals surface area contributed by atoms with E-state index in [0.717, 1.165) is 19.3 Å². The van der Waals surface area contributed by atoms with E-state index in [1.165, 1.54) is 11.1 Å². The number of aryl methyl sites for hydroxylation is 1. The summed E-state index contributed by atoms with van der Waals surface area (Å²) in [6.45, 7) is 2.15. The lowest BCUT2D eigenvalue weighted by atomic mass is 10.1. The highest BCUT2D eigenvalue weighted by atomic mass is 16.2. The quantitative estimate of drug-likeness (QED) is 0.841. The zero-order valence-corrected chi connectivity index (χ0v) is 10.4. The molecule has 2 fully saturated rings. The summed E-state index contributed by atoms with van der Waals surface area (Å²) in [7, 11) is 1.89. The molecule has 1 amide bonds. The average molecular weight is 230 g/mol. The monoisotopic (exact) mass is 230 g/mol. The summed E-state index contributed by atoms with van der Waals surface area (Å²) in [6, 6.07) is 8.55. The van der Waals surface area contributed by atoms with E-state index in [9.17, 15) is 4.79 Å². The van der Waals surface area contributed by atoms with Gasteiger partial charge < -0.3 is 4.90 Å². The van der Waals surface area contributed by atoms with Crippen LogP contribution in [-0.4, -0.2) is 23.4 Å². The van der Waals surface area contributed by atoms with Crippen molar-refractivity contribution in [3.8, 4) is 0 Å². The van der Waals surface area contributed by atoms with Gasteiger partial charge >= 0.3 is 0 Å². The fourth-order valence-corrected chi connectivity index (χ4v) is 2.60. The molecule has 0 aromatic heterocycles. The third kappa shape index (κ3) is 1.57. The van der Waals surface area contributed by atoms with Gasteiger partial charge in [0, 0.05) is 7.05 Å². The van der Waals surface area contributed by atoms with Crippen LogP contribution in [0.1, 0.15) is 37.1 Å². The molecule has 3 nitrogen and oxygen atoms in total. The van der Waals surface area contributed by atoms with Gasteiger partial charge in [-0.15, -0.1) is 0 Å². The van der Waals surface area contributed by atoms with Crippen molar-refractivity contribution in [1.82, 2.24) is 10.2 Å². The van der Waals surface area contributed by atoms with Gasteiger partial charge in [-0.2, -0.15) is 0 Å². The summed E-state index contributed by atoms with van der Waals surface area (Å²) in [6.07, 6.45) is 3.08. The molecule has 1 aromatic rings. The zero-order valence-electron chi connectivity index (χ0n) is 10.4. The third-order valence-electron chi connectivity index (χ3n) is 3.98. The molecule has 3 rings (SSSR count). The molecule has 1 spiro atoms. The van der Waals surface area contributed by atoms with E-state index < -0.39 is 0 Å². The van der Waals surface area contributed by atoms with Crippen molar-refractivity contribution in [3.63, 3.8) is 0 Å². The lowest BCUT2D eigenvalue weighted by Gasteiger charge is -2.19. The van der Waals surface area contributed by atoms with E-state index in [2.05, 4.69) is 36.5 Å². The van der Waals surface area contributed by atoms with Crippen molar-refractivity contribution in [2.24, 2.45) is 0 Å². The molecule has 1 aromatic carbocycles. The van der Waals surface area contributed by atoms with Gasteiger partial charge in [0.15, 0.2) is 0 Å². The molecule has 0 radical (unpaired) electrons. The molecule has 1 saturated carbocycles. The number of nitrogens with one attached hydrogen (secondary N) is 1. The van der Waals surface area contributed by atoms with Crippen LogP contribution in [0.25, 0.3) is 0 Å². The number of likely N-dealkylation sites (N-methyl/N-ethyl adjacent to an activating group) is 1. The summed E-state index contributed by atoms with van der Waals surface area (Å²) in [4.78, 5) is 13.9. The molecular formula is C14H18N2O. The molecule has 1 atom stereocenters. The molecule has 1 heterocycles. The van der Waals surface area contributed by atoms with Gasteiger partial charge in [-0.3, -0.25) is 10.1 Å². The molecule has 1 unspecified atom stereocenters. The van der Waals surface area contributed by atoms with Crippen LogP contribution in [0, 0.1) is 0 Å². The number of hydrogen-bond acceptors (Lipinski definition) is 2. The van der Waals surface area contributed by atoms with Crippen molar-refractivity contribution in [3.05, 3.63) is 35.4 Å². The number of rotatable bonds is 2. The van der Waals surface area contributed by atoms with E-state index in [1.54, 1.807) is 0 Å². The van der Waals surface area contributed by atoms with Gasteiger partial charge in [-0.25, -0.2) is 0 Å². The number of hydrogen-bond donors (Lipinski definition) is 1. The molecule has 3 heteroatoms. The smallest absolute Gasteiger partial charge is 0.244 e. The number of nitrogens with zero attached hydrogens (tertiary/aromatic N) is 1. The summed E-state index contributed by atoms with van der Waals surface area (Å²) < 4.78 is 0. The molecule has 1 aliphatic heterocycles. The van der Waals surface area contributed by atoms with Crippen LogP contribution in [0.5, 0.6) is 0 Å². The Morgan fingerprint density at radius 1 is 1.35 bits per heavy atom. The molecule has 17 heavy (non-hydrogen) atoms. The first-order valence-corrected chi connectivity index (χ1v) is 6.30. The highest BCUT2D eigenvalue weighted by Gasteiger charge is 2.58. The SMILES string of the molecule is CCc1ccc(C2NC3(CC3)C(=O)N2C)cc1. The van der Waals surface area contributed by atoms with Crippen LogP contribution >= 0.6 is 0 Å². The van der Waals surface area contributed by atoms with Crippen molar-refractivity contribution in [1.29, 1.82) is 0 Å². The van der Waals surface area contributed by atoms with Crippen LogP contribution in [0.4, 0.5) is 0 Å². The largest absolute Gasteiger partial charge is 0.324 e. The lowest BCUT2D eigenvalue weighted by molar-refractivity contribution is -0.129. The van der Waals surface area contributed by atoms with Gasteiger partial charge in [0.05, 0.1) is 0 Å². The van der Waals surface area contributed by atoms with Crippen LogP contribution < -0.4 is 5.32 Å². The minimum Gasteiger partial charge on any atom is -0.324 e. The number of carbonyl (C=O) groups is 1. The Bertz CT molecular complexity index is 448. The van der Waals surface area contributed by atoms with Crippen molar-refractivity contribution in [2.45, 2.75) is 37.9 Å². The Labute approximate surface area is 102 Å². The number of benzene rings is 1. The second-order valence-electron chi connectivity index (χ2n) is 5.14. The Kier molecular flexibility index (Phi) is 2.26. The first-order chi connectivity index (χ1) is 8.16. The molecule has 1 aliphatic carbocycles. The third-order valence-corrected chi connectivity index (χ3v) is 3.98. The van der Waals surface area contributed by atoms with E-state index in [0.29, 0.717) is 0 Å². The average Bonchev–Trinajstić information content (AvgIpc) is 3.11. The standard InChI is InChI=1S/C14H18N2O/c1-3-10-4-6-11(7-5-10)12-15-14(8-9-14)13(17)16(12)2/h4-7,12,15H,3,8-9H2,1-2H3. The van der Waals surface area contributed by atoms with Crippen molar-refractivity contribution < 1.29 is 4.79 Å². The maximum absolute atomic E-state index is 12.1. The fourth-order valence-electron chi connectivity index (χ4n) is 2.60. The van der Waals surface area contributed by atoms with Crippen molar-refractivity contribution >= 4 is 5.91 Å². The topological polar surface area (TPSA) is 32.3 Å².